The predicted molar refractivity (Wildman–Crippen MR) is 105 cm³/mol. The van der Waals surface area contributed by atoms with Gasteiger partial charge in [-0.15, -0.1) is 11.8 Å². The summed E-state index contributed by atoms with van der Waals surface area (Å²) in [5.41, 5.74) is 0.511. The van der Waals surface area contributed by atoms with Crippen molar-refractivity contribution in [3.05, 3.63) is 36.3 Å². The molecule has 2 aromatic rings. The quantitative estimate of drug-likeness (QED) is 0.649. The normalized spacial score (nSPS) is 14.3. The summed E-state index contributed by atoms with van der Waals surface area (Å²) in [5, 5.41) is 11.9. The highest BCUT2D eigenvalue weighted by Gasteiger charge is 2.24. The number of thiazole rings is 1. The van der Waals surface area contributed by atoms with Gasteiger partial charge < -0.3 is 5.11 Å². The zero-order valence-corrected chi connectivity index (χ0v) is 16.2. The number of nitrogens with zero attached hydrogens (tertiary/aromatic N) is 2. The molecule has 0 atom stereocenters. The molecule has 1 aromatic carbocycles. The number of carbonyl (C=O) groups is 2. The van der Waals surface area contributed by atoms with Crippen molar-refractivity contribution in [3.8, 4) is 0 Å². The van der Waals surface area contributed by atoms with Crippen LogP contribution in [0.1, 0.15) is 25.7 Å². The Morgan fingerprint density at radius 1 is 1.37 bits per heavy atom. The molecule has 2 N–H and O–H groups in total. The number of carboxylic acids is 1. The van der Waals surface area contributed by atoms with Crippen LogP contribution in [0.2, 0.25) is 0 Å². The Kier molecular flexibility index (Phi) is 6.68. The lowest BCUT2D eigenvalue weighted by Crippen LogP contribution is -2.38. The van der Waals surface area contributed by atoms with E-state index in [4.69, 9.17) is 5.11 Å². The van der Waals surface area contributed by atoms with Gasteiger partial charge in [0.15, 0.2) is 5.13 Å². The molecule has 6 nitrogen and oxygen atoms in total. The highest BCUT2D eigenvalue weighted by atomic mass is 32.2. The van der Waals surface area contributed by atoms with Gasteiger partial charge in [-0.3, -0.25) is 15.0 Å². The third-order valence-electron chi connectivity index (χ3n) is 4.32. The number of rotatable bonds is 7. The Morgan fingerprint density at radius 2 is 2.15 bits per heavy atom. The summed E-state index contributed by atoms with van der Waals surface area (Å²) in [6, 6.07) is 5.64. The fraction of sp³-hybridized carbons (Fsp3) is 0.389. The van der Waals surface area contributed by atoms with Crippen LogP contribution in [0.15, 0.2) is 34.7 Å². The summed E-state index contributed by atoms with van der Waals surface area (Å²) >= 11 is 2.37. The standard InChI is InChI=1S/C18H20FN3O3S2/c19-13-6-3-7-14(8-13)22(10-12-4-1-2-5-12)18(25)21-17-20-9-16(27-17)26-11-15(23)24/h3,6-9,12H,1-2,4-5,10-11H2,(H,23,24)(H,20,21,25). The van der Waals surface area contributed by atoms with Crippen LogP contribution in [0.25, 0.3) is 0 Å². The number of carbonyl (C=O) groups excluding carboxylic acids is 1. The molecule has 1 aromatic heterocycles. The number of hydrogen-bond donors (Lipinski definition) is 2. The van der Waals surface area contributed by atoms with Crippen molar-refractivity contribution < 1.29 is 19.1 Å². The first-order valence-corrected chi connectivity index (χ1v) is 10.5. The highest BCUT2D eigenvalue weighted by molar-refractivity contribution is 8.01. The minimum absolute atomic E-state index is 0.0628. The summed E-state index contributed by atoms with van der Waals surface area (Å²) < 4.78 is 14.4. The lowest BCUT2D eigenvalue weighted by atomic mass is 10.1. The number of urea groups is 1. The van der Waals surface area contributed by atoms with Gasteiger partial charge in [0.1, 0.15) is 5.82 Å². The number of amides is 2. The molecule has 1 fully saturated rings. The number of anilines is 2. The number of aromatic nitrogens is 1. The summed E-state index contributed by atoms with van der Waals surface area (Å²) in [4.78, 5) is 29.2. The molecule has 1 aliphatic rings. The maximum absolute atomic E-state index is 13.7. The van der Waals surface area contributed by atoms with Crippen molar-refractivity contribution in [2.75, 3.05) is 22.5 Å². The summed E-state index contributed by atoms with van der Waals surface area (Å²) in [6.07, 6.45) is 5.97. The molecule has 0 saturated heterocycles. The van der Waals surface area contributed by atoms with Crippen molar-refractivity contribution in [1.29, 1.82) is 0 Å². The highest BCUT2D eigenvalue weighted by Crippen LogP contribution is 2.30. The van der Waals surface area contributed by atoms with E-state index >= 15 is 0 Å². The zero-order valence-electron chi connectivity index (χ0n) is 14.6. The first kappa shape index (κ1) is 19.6. The van der Waals surface area contributed by atoms with Gasteiger partial charge in [-0.05, 0) is 37.0 Å². The fourth-order valence-electron chi connectivity index (χ4n) is 3.08. The van der Waals surface area contributed by atoms with Crippen molar-refractivity contribution in [3.63, 3.8) is 0 Å². The van der Waals surface area contributed by atoms with Crippen molar-refractivity contribution in [1.82, 2.24) is 4.98 Å². The van der Waals surface area contributed by atoms with E-state index in [2.05, 4.69) is 10.3 Å². The maximum atomic E-state index is 13.7. The van der Waals surface area contributed by atoms with Gasteiger partial charge in [-0.1, -0.05) is 30.2 Å². The fourth-order valence-corrected chi connectivity index (χ4v) is 4.66. The van der Waals surface area contributed by atoms with Gasteiger partial charge in [0.05, 0.1) is 16.2 Å². The van der Waals surface area contributed by atoms with E-state index in [9.17, 15) is 14.0 Å². The van der Waals surface area contributed by atoms with E-state index in [1.807, 2.05) is 0 Å². The summed E-state index contributed by atoms with van der Waals surface area (Å²) in [6.45, 7) is 0.529. The zero-order chi connectivity index (χ0) is 19.2. The number of hydrogen-bond acceptors (Lipinski definition) is 5. The molecule has 144 valence electrons. The number of benzene rings is 1. The molecular weight excluding hydrogens is 389 g/mol. The Hall–Kier alpha value is -2.13. The third-order valence-corrected chi connectivity index (χ3v) is 6.41. The van der Waals surface area contributed by atoms with Gasteiger partial charge in [0.2, 0.25) is 0 Å². The van der Waals surface area contributed by atoms with Crippen molar-refractivity contribution in [2.24, 2.45) is 5.92 Å². The average Bonchev–Trinajstić information content (AvgIpc) is 3.29. The SMILES string of the molecule is O=C(O)CSc1cnc(NC(=O)N(CC2CCCC2)c2cccc(F)c2)s1. The number of aliphatic carboxylic acids is 1. The summed E-state index contributed by atoms with van der Waals surface area (Å²) in [7, 11) is 0. The van der Waals surface area contributed by atoms with Gasteiger partial charge in [-0.25, -0.2) is 14.2 Å². The minimum Gasteiger partial charge on any atom is -0.481 e. The van der Waals surface area contributed by atoms with Gasteiger partial charge in [0, 0.05) is 12.2 Å². The first-order chi connectivity index (χ1) is 13.0. The van der Waals surface area contributed by atoms with Crippen molar-refractivity contribution >= 4 is 45.9 Å². The minimum atomic E-state index is -0.909. The van der Waals surface area contributed by atoms with E-state index in [0.29, 0.717) is 27.5 Å². The molecule has 0 bridgehead atoms. The average molecular weight is 410 g/mol. The molecule has 2 amide bonds. The topological polar surface area (TPSA) is 82.5 Å². The van der Waals surface area contributed by atoms with E-state index in [1.54, 1.807) is 17.0 Å². The van der Waals surface area contributed by atoms with E-state index in [0.717, 1.165) is 37.4 Å². The predicted octanol–water partition coefficient (Wildman–Crippen LogP) is 4.69. The maximum Gasteiger partial charge on any atom is 0.328 e. The van der Waals surface area contributed by atoms with Crippen LogP contribution in [0.3, 0.4) is 0 Å². The molecule has 1 heterocycles. The Balaban J connectivity index is 1.71. The lowest BCUT2D eigenvalue weighted by molar-refractivity contribution is -0.133. The molecular formula is C18H20FN3O3S2. The molecule has 9 heteroatoms. The van der Waals surface area contributed by atoms with Crippen LogP contribution in [0.4, 0.5) is 20.0 Å². The molecule has 1 aliphatic carbocycles. The van der Waals surface area contributed by atoms with Crippen molar-refractivity contribution in [2.45, 2.75) is 29.9 Å². The smallest absolute Gasteiger partial charge is 0.328 e. The van der Waals surface area contributed by atoms with Gasteiger partial charge >= 0.3 is 12.0 Å². The van der Waals surface area contributed by atoms with E-state index < -0.39 is 11.8 Å². The lowest BCUT2D eigenvalue weighted by Gasteiger charge is -2.25. The molecule has 0 aliphatic heterocycles. The molecule has 1 saturated carbocycles. The third kappa shape index (κ3) is 5.67. The first-order valence-electron chi connectivity index (χ1n) is 8.66. The van der Waals surface area contributed by atoms with Crippen LogP contribution in [0.5, 0.6) is 0 Å². The number of halogens is 1. The Bertz CT molecular complexity index is 809. The van der Waals surface area contributed by atoms with Crippen LogP contribution in [-0.2, 0) is 4.79 Å². The number of carboxylic acid groups (broad SMARTS) is 1. The van der Waals surface area contributed by atoms with Crippen LogP contribution in [-0.4, -0.2) is 34.4 Å². The molecule has 3 rings (SSSR count). The molecule has 27 heavy (non-hydrogen) atoms. The second kappa shape index (κ2) is 9.18. The van der Waals surface area contributed by atoms with Crippen LogP contribution >= 0.6 is 23.1 Å². The monoisotopic (exact) mass is 409 g/mol. The Morgan fingerprint density at radius 3 is 2.85 bits per heavy atom. The molecule has 0 spiro atoms. The van der Waals surface area contributed by atoms with E-state index in [1.165, 1.54) is 29.7 Å². The van der Waals surface area contributed by atoms with Crippen LogP contribution in [0, 0.1) is 11.7 Å². The number of nitrogens with one attached hydrogen (secondary N) is 1. The largest absolute Gasteiger partial charge is 0.481 e. The van der Waals surface area contributed by atoms with Crippen LogP contribution < -0.4 is 10.2 Å². The van der Waals surface area contributed by atoms with Gasteiger partial charge in [0.25, 0.3) is 0 Å². The Labute approximate surface area is 164 Å². The summed E-state index contributed by atoms with van der Waals surface area (Å²) in [5.74, 6) is -0.963. The van der Waals surface area contributed by atoms with E-state index in [-0.39, 0.29) is 11.8 Å². The molecule has 0 radical (unpaired) electrons. The molecule has 0 unspecified atom stereocenters. The number of thioether (sulfide) groups is 1. The second-order valence-corrected chi connectivity index (χ2v) is 8.64. The van der Waals surface area contributed by atoms with Gasteiger partial charge in [-0.2, -0.15) is 0 Å². The second-order valence-electron chi connectivity index (χ2n) is 6.34.